The molecule has 0 saturated heterocycles. The van der Waals surface area contributed by atoms with Crippen LogP contribution in [-0.4, -0.2) is 9.14 Å². The van der Waals surface area contributed by atoms with Gasteiger partial charge in [-0.1, -0.05) is 27.0 Å². The molecule has 0 aliphatic heterocycles. The molecule has 0 radical (unpaired) electrons. The van der Waals surface area contributed by atoms with Crippen LogP contribution < -0.4 is 4.57 Å². The fourth-order valence-electron chi connectivity index (χ4n) is 0.975. The van der Waals surface area contributed by atoms with Crippen LogP contribution in [0.4, 0.5) is 0 Å². The molecule has 1 rings (SSSR count). The van der Waals surface area contributed by atoms with Crippen LogP contribution in [-0.2, 0) is 13.6 Å². The number of hydrogen-bond donors (Lipinski definition) is 0. The molecule has 1 aromatic heterocycles. The first kappa shape index (κ1) is 14.0. The molecular weight excluding hydrogens is 286 g/mol. The van der Waals surface area contributed by atoms with Gasteiger partial charge in [0.2, 0.25) is 10.9 Å². The Balaban J connectivity index is 0.000000364. The summed E-state index contributed by atoms with van der Waals surface area (Å²) < 4.78 is 5.08. The van der Waals surface area contributed by atoms with E-state index in [2.05, 4.69) is 70.8 Å². The first-order chi connectivity index (χ1) is 6.56. The summed E-state index contributed by atoms with van der Waals surface area (Å²) >= 11 is 2.34. The van der Waals surface area contributed by atoms with E-state index >= 15 is 0 Å². The molecule has 4 heteroatoms. The molecule has 0 spiro atoms. The summed E-state index contributed by atoms with van der Waals surface area (Å²) in [6.45, 7) is 7.67. The minimum Gasteiger partial charge on any atom is -0.240 e. The lowest BCUT2D eigenvalue weighted by atomic mass is 9.87. The van der Waals surface area contributed by atoms with Gasteiger partial charge in [-0.05, 0) is 6.42 Å². The topological polar surface area (TPSA) is 8.81 Å². The zero-order chi connectivity index (χ0) is 11.0. The highest BCUT2D eigenvalue weighted by Gasteiger charge is 1.96. The standard InChI is InChI=1S/C8H15N2.C2H6BI/c1-3-4-5-10-7-6-9(2)8-10;1-3(2)4/h6-8H,3-5H2,1-2H3;1-2H3/q+1;. The van der Waals surface area contributed by atoms with Gasteiger partial charge in [0.1, 0.15) is 12.4 Å². The molecule has 0 aromatic carbocycles. The molecule has 0 bridgehead atoms. The maximum atomic E-state index is 2.34. The lowest BCUT2D eigenvalue weighted by Gasteiger charge is -1.90. The molecule has 0 aliphatic carbocycles. The quantitative estimate of drug-likeness (QED) is 0.461. The van der Waals surface area contributed by atoms with Crippen LogP contribution in [0.3, 0.4) is 0 Å². The van der Waals surface area contributed by atoms with E-state index in [0.29, 0.717) is 0 Å². The van der Waals surface area contributed by atoms with Crippen molar-refractivity contribution in [3.63, 3.8) is 0 Å². The minimum absolute atomic E-state index is 0.803. The molecule has 14 heavy (non-hydrogen) atoms. The summed E-state index contributed by atoms with van der Waals surface area (Å²) in [7, 11) is 2.04. The van der Waals surface area contributed by atoms with E-state index in [0.717, 1.165) is 11.1 Å². The molecular formula is C10H21BIN2+. The fraction of sp³-hybridized carbons (Fsp3) is 0.700. The van der Waals surface area contributed by atoms with Crippen molar-refractivity contribution in [3.05, 3.63) is 18.7 Å². The highest BCUT2D eigenvalue weighted by atomic mass is 127. The summed E-state index contributed by atoms with van der Waals surface area (Å²) in [5.41, 5.74) is 0. The van der Waals surface area contributed by atoms with Crippen molar-refractivity contribution in [2.75, 3.05) is 0 Å². The van der Waals surface area contributed by atoms with Gasteiger partial charge < -0.3 is 0 Å². The number of rotatable bonds is 3. The molecule has 80 valence electrons. The summed E-state index contributed by atoms with van der Waals surface area (Å²) in [5.74, 6) is 0. The lowest BCUT2D eigenvalue weighted by molar-refractivity contribution is -0.671. The number of halogens is 1. The molecule has 1 aromatic rings. The van der Waals surface area contributed by atoms with Crippen LogP contribution in [0, 0.1) is 0 Å². The monoisotopic (exact) mass is 307 g/mol. The van der Waals surface area contributed by atoms with Gasteiger partial charge in [0.15, 0.2) is 0 Å². The van der Waals surface area contributed by atoms with Gasteiger partial charge in [0.25, 0.3) is 0 Å². The average Bonchev–Trinajstić information content (AvgIpc) is 2.47. The smallest absolute Gasteiger partial charge is 0.240 e. The van der Waals surface area contributed by atoms with Crippen molar-refractivity contribution >= 4 is 26.9 Å². The molecule has 0 N–H and O–H groups in total. The predicted octanol–water partition coefficient (Wildman–Crippen LogP) is 2.79. The lowest BCUT2D eigenvalue weighted by Crippen LogP contribution is -2.23. The summed E-state index contributed by atoms with van der Waals surface area (Å²) in [6, 6.07) is 0. The Morgan fingerprint density at radius 1 is 1.43 bits per heavy atom. The van der Waals surface area contributed by atoms with Gasteiger partial charge in [0.05, 0.1) is 13.6 Å². The highest BCUT2D eigenvalue weighted by molar-refractivity contribution is 14.1. The average molecular weight is 307 g/mol. The molecule has 0 atom stereocenters. The van der Waals surface area contributed by atoms with E-state index < -0.39 is 0 Å². The van der Waals surface area contributed by atoms with Gasteiger partial charge in [0, 0.05) is 0 Å². The molecule has 0 aliphatic rings. The largest absolute Gasteiger partial charge is 0.243 e. The van der Waals surface area contributed by atoms with E-state index in [1.165, 1.54) is 12.8 Å². The van der Waals surface area contributed by atoms with Crippen molar-refractivity contribution in [2.45, 2.75) is 40.0 Å². The van der Waals surface area contributed by atoms with Crippen molar-refractivity contribution in [1.29, 1.82) is 0 Å². The van der Waals surface area contributed by atoms with Crippen molar-refractivity contribution < 1.29 is 4.57 Å². The normalized spacial score (nSPS) is 9.21. The number of aryl methyl sites for hydroxylation is 2. The molecule has 0 fully saturated rings. The first-order valence-corrected chi connectivity index (χ1v) is 6.46. The Kier molecular flexibility index (Phi) is 8.33. The van der Waals surface area contributed by atoms with Crippen LogP contribution in [0.1, 0.15) is 19.8 Å². The van der Waals surface area contributed by atoms with Crippen LogP contribution in [0.25, 0.3) is 0 Å². The Morgan fingerprint density at radius 3 is 2.36 bits per heavy atom. The van der Waals surface area contributed by atoms with Gasteiger partial charge in [-0.2, -0.15) is 22.4 Å². The number of aromatic nitrogens is 2. The van der Waals surface area contributed by atoms with Crippen LogP contribution in [0.2, 0.25) is 13.6 Å². The number of hydrogen-bond acceptors (Lipinski definition) is 0. The van der Waals surface area contributed by atoms with Crippen LogP contribution >= 0.6 is 22.4 Å². The predicted molar refractivity (Wildman–Crippen MR) is 72.0 cm³/mol. The van der Waals surface area contributed by atoms with Crippen molar-refractivity contribution in [1.82, 2.24) is 4.57 Å². The Morgan fingerprint density at radius 2 is 2.00 bits per heavy atom. The highest BCUT2D eigenvalue weighted by Crippen LogP contribution is 1.91. The SMILES string of the molecule is CB(C)I.CCCCn1cc[n+](C)c1. The van der Waals surface area contributed by atoms with E-state index in [1.54, 1.807) is 0 Å². The van der Waals surface area contributed by atoms with Gasteiger partial charge >= 0.3 is 0 Å². The fourth-order valence-corrected chi connectivity index (χ4v) is 0.975. The Bertz CT molecular complexity index is 233. The Hall–Kier alpha value is 0.00494. The third-order valence-corrected chi connectivity index (χ3v) is 1.59. The second-order valence-electron chi connectivity index (χ2n) is 3.68. The maximum absolute atomic E-state index is 2.34. The summed E-state index contributed by atoms with van der Waals surface area (Å²) in [6.07, 6.45) is 8.82. The third kappa shape index (κ3) is 8.60. The number of unbranched alkanes of at least 4 members (excludes halogenated alkanes) is 1. The second-order valence-corrected chi connectivity index (χ2v) is 6.18. The molecule has 0 saturated carbocycles. The summed E-state index contributed by atoms with van der Waals surface area (Å²) in [5, 5.41) is 0. The van der Waals surface area contributed by atoms with E-state index in [1.807, 2.05) is 7.05 Å². The number of nitrogens with zero attached hydrogens (tertiary/aromatic N) is 2. The maximum Gasteiger partial charge on any atom is 0.243 e. The van der Waals surface area contributed by atoms with Crippen LogP contribution in [0.15, 0.2) is 18.7 Å². The van der Waals surface area contributed by atoms with E-state index in [9.17, 15) is 0 Å². The third-order valence-electron chi connectivity index (χ3n) is 1.59. The van der Waals surface area contributed by atoms with E-state index in [-0.39, 0.29) is 0 Å². The first-order valence-electron chi connectivity index (χ1n) is 5.21. The second kappa shape index (κ2) is 8.32. The number of imidazole rings is 1. The van der Waals surface area contributed by atoms with E-state index in [4.69, 9.17) is 0 Å². The van der Waals surface area contributed by atoms with Gasteiger partial charge in [-0.25, -0.2) is 9.13 Å². The Labute approximate surface area is 102 Å². The van der Waals surface area contributed by atoms with Gasteiger partial charge in [-0.3, -0.25) is 0 Å². The zero-order valence-corrected chi connectivity index (χ0v) is 11.9. The molecule has 2 nitrogen and oxygen atoms in total. The van der Waals surface area contributed by atoms with Crippen LogP contribution in [0.5, 0.6) is 0 Å². The molecule has 1 heterocycles. The van der Waals surface area contributed by atoms with Crippen molar-refractivity contribution in [3.8, 4) is 0 Å². The zero-order valence-electron chi connectivity index (χ0n) is 9.70. The molecule has 0 unspecified atom stereocenters. The summed E-state index contributed by atoms with van der Waals surface area (Å²) in [4.78, 5) is 0. The van der Waals surface area contributed by atoms with Crippen molar-refractivity contribution in [2.24, 2.45) is 7.05 Å². The minimum atomic E-state index is 0.803. The van der Waals surface area contributed by atoms with Gasteiger partial charge in [-0.15, -0.1) is 0 Å². The molecule has 0 amide bonds.